The molecule has 0 amide bonds. The van der Waals surface area contributed by atoms with Crippen LogP contribution in [0.2, 0.25) is 0 Å². The number of hydrogen-bond acceptors (Lipinski definition) is 4. The van der Waals surface area contributed by atoms with E-state index in [1.54, 1.807) is 0 Å². The summed E-state index contributed by atoms with van der Waals surface area (Å²) in [6, 6.07) is 8.31. The van der Waals surface area contributed by atoms with E-state index in [4.69, 9.17) is 4.98 Å². The molecular weight excluding hydrogens is 288 g/mol. The third-order valence-corrected chi connectivity index (χ3v) is 5.05. The van der Waals surface area contributed by atoms with Crippen LogP contribution in [0.4, 0.5) is 0 Å². The van der Waals surface area contributed by atoms with E-state index in [1.807, 2.05) is 6.07 Å². The predicted molar refractivity (Wildman–Crippen MR) is 86.8 cm³/mol. The van der Waals surface area contributed by atoms with Crippen molar-refractivity contribution in [2.24, 2.45) is 7.05 Å². The minimum Gasteiger partial charge on any atom is -0.330 e. The Balaban J connectivity index is 1.39. The molecule has 0 radical (unpaired) electrons. The summed E-state index contributed by atoms with van der Waals surface area (Å²) in [7, 11) is 2.10. The first-order valence-electron chi connectivity index (χ1n) is 8.34. The molecule has 5 rings (SSSR count). The minimum atomic E-state index is 0.669. The van der Waals surface area contributed by atoms with E-state index in [1.165, 1.54) is 24.2 Å². The highest BCUT2D eigenvalue weighted by Crippen LogP contribution is 2.39. The van der Waals surface area contributed by atoms with Crippen molar-refractivity contribution in [2.75, 3.05) is 6.54 Å². The fourth-order valence-corrected chi connectivity index (χ4v) is 3.55. The maximum Gasteiger partial charge on any atom is 0.147 e. The molecule has 3 heterocycles. The highest BCUT2D eigenvalue weighted by molar-refractivity contribution is 5.75. The summed E-state index contributed by atoms with van der Waals surface area (Å²) in [5.41, 5.74) is 2.26. The van der Waals surface area contributed by atoms with Gasteiger partial charge in [0.15, 0.2) is 0 Å². The number of para-hydroxylation sites is 2. The van der Waals surface area contributed by atoms with E-state index in [0.717, 1.165) is 43.3 Å². The van der Waals surface area contributed by atoms with Gasteiger partial charge in [0.05, 0.1) is 24.1 Å². The molecule has 1 aromatic carbocycles. The third-order valence-electron chi connectivity index (χ3n) is 5.05. The van der Waals surface area contributed by atoms with Gasteiger partial charge in [0.2, 0.25) is 0 Å². The van der Waals surface area contributed by atoms with Crippen LogP contribution in [0.3, 0.4) is 0 Å². The molecule has 0 unspecified atom stereocenters. The zero-order valence-corrected chi connectivity index (χ0v) is 13.3. The van der Waals surface area contributed by atoms with Gasteiger partial charge in [-0.2, -0.15) is 0 Å². The number of imidazole rings is 1. The molecule has 1 aliphatic heterocycles. The zero-order valence-electron chi connectivity index (χ0n) is 13.3. The lowest BCUT2D eigenvalue weighted by Crippen LogP contribution is -2.34. The van der Waals surface area contributed by atoms with Crippen LogP contribution >= 0.6 is 0 Å². The fraction of sp³-hybridized carbons (Fsp3) is 0.471. The Bertz CT molecular complexity index is 872. The Morgan fingerprint density at radius 1 is 1.13 bits per heavy atom. The van der Waals surface area contributed by atoms with Gasteiger partial charge in [-0.3, -0.25) is 4.90 Å². The second-order valence-corrected chi connectivity index (χ2v) is 6.69. The van der Waals surface area contributed by atoms with E-state index in [2.05, 4.69) is 49.5 Å². The van der Waals surface area contributed by atoms with Crippen molar-refractivity contribution in [1.29, 1.82) is 0 Å². The highest BCUT2D eigenvalue weighted by atomic mass is 15.3. The fourth-order valence-electron chi connectivity index (χ4n) is 3.55. The number of aromatic nitrogens is 5. The monoisotopic (exact) mass is 308 g/mol. The molecular formula is C17H20N6. The van der Waals surface area contributed by atoms with E-state index in [-0.39, 0.29) is 0 Å². The second kappa shape index (κ2) is 4.89. The molecule has 0 N–H and O–H groups in total. The Labute approximate surface area is 134 Å². The van der Waals surface area contributed by atoms with Gasteiger partial charge in [-0.25, -0.2) is 4.98 Å². The van der Waals surface area contributed by atoms with Gasteiger partial charge < -0.3 is 9.13 Å². The molecule has 0 spiro atoms. The van der Waals surface area contributed by atoms with E-state index in [9.17, 15) is 0 Å². The Hall–Kier alpha value is -2.21. The molecule has 6 nitrogen and oxygen atoms in total. The molecule has 6 heteroatoms. The number of hydrogen-bond donors (Lipinski definition) is 0. The van der Waals surface area contributed by atoms with Gasteiger partial charge in [0, 0.05) is 26.1 Å². The lowest BCUT2D eigenvalue weighted by atomic mass is 10.3. The van der Waals surface area contributed by atoms with Gasteiger partial charge in [-0.15, -0.1) is 10.2 Å². The summed E-state index contributed by atoms with van der Waals surface area (Å²) in [5, 5.41) is 8.84. The van der Waals surface area contributed by atoms with Gasteiger partial charge >= 0.3 is 0 Å². The average molecular weight is 308 g/mol. The number of nitrogens with zero attached hydrogens (tertiary/aromatic N) is 6. The smallest absolute Gasteiger partial charge is 0.147 e. The normalized spacial score (nSPS) is 18.5. The maximum absolute atomic E-state index is 4.78. The van der Waals surface area contributed by atoms with Gasteiger partial charge in [0.25, 0.3) is 0 Å². The van der Waals surface area contributed by atoms with Crippen molar-refractivity contribution in [1.82, 2.24) is 29.2 Å². The Morgan fingerprint density at radius 2 is 2.00 bits per heavy atom. The summed E-state index contributed by atoms with van der Waals surface area (Å²) in [5.74, 6) is 4.10. The molecule has 0 bridgehead atoms. The zero-order chi connectivity index (χ0) is 15.4. The number of benzene rings is 1. The van der Waals surface area contributed by atoms with Crippen LogP contribution < -0.4 is 0 Å². The quantitative estimate of drug-likeness (QED) is 0.743. The second-order valence-electron chi connectivity index (χ2n) is 6.69. The van der Waals surface area contributed by atoms with Crippen molar-refractivity contribution in [3.05, 3.63) is 41.7 Å². The van der Waals surface area contributed by atoms with Crippen LogP contribution in [-0.2, 0) is 26.7 Å². The van der Waals surface area contributed by atoms with Crippen molar-refractivity contribution in [3.8, 4) is 0 Å². The highest BCUT2D eigenvalue weighted by Gasteiger charge is 2.32. The largest absolute Gasteiger partial charge is 0.330 e. The van der Waals surface area contributed by atoms with Crippen molar-refractivity contribution in [3.63, 3.8) is 0 Å². The summed E-state index contributed by atoms with van der Waals surface area (Å²) < 4.78 is 4.54. The van der Waals surface area contributed by atoms with E-state index in [0.29, 0.717) is 5.92 Å². The lowest BCUT2D eigenvalue weighted by molar-refractivity contribution is 0.201. The van der Waals surface area contributed by atoms with Crippen molar-refractivity contribution < 1.29 is 0 Å². The summed E-state index contributed by atoms with van der Waals surface area (Å²) in [6.45, 7) is 3.76. The first-order valence-corrected chi connectivity index (χ1v) is 8.34. The Morgan fingerprint density at radius 3 is 2.83 bits per heavy atom. The van der Waals surface area contributed by atoms with Crippen molar-refractivity contribution in [2.45, 2.75) is 38.4 Å². The standard InChI is InChI=1S/C17H20N6/c1-21-14-5-3-2-4-13(14)18-15(21)10-22-8-9-23-16(11-22)19-20-17(23)12-6-7-12/h2-5,12H,6-11H2,1H3. The van der Waals surface area contributed by atoms with E-state index < -0.39 is 0 Å². The van der Waals surface area contributed by atoms with Crippen LogP contribution in [-0.4, -0.2) is 35.8 Å². The molecule has 1 fully saturated rings. The third kappa shape index (κ3) is 2.16. The first-order chi connectivity index (χ1) is 11.3. The van der Waals surface area contributed by atoms with Crippen LogP contribution in [0, 0.1) is 0 Å². The molecule has 2 aliphatic rings. The number of fused-ring (bicyclic) bond motifs is 2. The SMILES string of the molecule is Cn1c(CN2CCn3c(nnc3C3CC3)C2)nc2ccccc21. The van der Waals surface area contributed by atoms with Crippen molar-refractivity contribution >= 4 is 11.0 Å². The van der Waals surface area contributed by atoms with Crippen LogP contribution in [0.25, 0.3) is 11.0 Å². The molecule has 1 aliphatic carbocycles. The maximum atomic E-state index is 4.78. The molecule has 2 aromatic heterocycles. The molecule has 1 saturated carbocycles. The molecule has 23 heavy (non-hydrogen) atoms. The first kappa shape index (κ1) is 13.2. The van der Waals surface area contributed by atoms with Crippen LogP contribution in [0.5, 0.6) is 0 Å². The van der Waals surface area contributed by atoms with E-state index >= 15 is 0 Å². The summed E-state index contributed by atoms with van der Waals surface area (Å²) in [6.07, 6.45) is 2.56. The Kier molecular flexibility index (Phi) is 2.82. The molecule has 118 valence electrons. The number of rotatable bonds is 3. The minimum absolute atomic E-state index is 0.669. The lowest BCUT2D eigenvalue weighted by Gasteiger charge is -2.27. The number of aryl methyl sites for hydroxylation is 1. The van der Waals surface area contributed by atoms with Crippen LogP contribution in [0.15, 0.2) is 24.3 Å². The molecule has 0 atom stereocenters. The average Bonchev–Trinajstić information content (AvgIpc) is 3.26. The van der Waals surface area contributed by atoms with Crippen LogP contribution in [0.1, 0.15) is 36.2 Å². The van der Waals surface area contributed by atoms with Gasteiger partial charge in [-0.1, -0.05) is 12.1 Å². The van der Waals surface area contributed by atoms with Gasteiger partial charge in [-0.05, 0) is 25.0 Å². The van der Waals surface area contributed by atoms with Gasteiger partial charge in [0.1, 0.15) is 17.5 Å². The summed E-state index contributed by atoms with van der Waals surface area (Å²) >= 11 is 0. The predicted octanol–water partition coefficient (Wildman–Crippen LogP) is 2.06. The topological polar surface area (TPSA) is 51.8 Å². The molecule has 0 saturated heterocycles. The summed E-state index contributed by atoms with van der Waals surface area (Å²) in [4.78, 5) is 7.20. The molecule has 3 aromatic rings.